The average molecular weight is 529 g/mol. The number of nitrogens with zero attached hydrogens (tertiary/aromatic N) is 3. The maximum absolute atomic E-state index is 6.56. The molecule has 1 aromatic heterocycles. The number of aromatic nitrogens is 2. The number of aryl methyl sites for hydroxylation is 3. The SMILES string of the molecule is CCN=c1cc2oc3cc(NCC)c(C)cc3c(-c3ccccc3-c3nnc(-c4ccc(C)cc4)o3)c-2cc1C. The van der Waals surface area contributed by atoms with Crippen LogP contribution in [0.15, 0.2) is 86.6 Å². The van der Waals surface area contributed by atoms with Crippen LogP contribution in [-0.4, -0.2) is 23.3 Å². The highest BCUT2D eigenvalue weighted by atomic mass is 16.4. The van der Waals surface area contributed by atoms with Gasteiger partial charge in [0, 0.05) is 58.5 Å². The molecule has 6 rings (SSSR count). The van der Waals surface area contributed by atoms with Crippen molar-refractivity contribution in [1.29, 1.82) is 0 Å². The van der Waals surface area contributed by atoms with Gasteiger partial charge in [-0.25, -0.2) is 0 Å². The molecule has 1 aliphatic heterocycles. The minimum absolute atomic E-state index is 0.476. The van der Waals surface area contributed by atoms with Crippen molar-refractivity contribution in [2.24, 2.45) is 4.99 Å². The lowest BCUT2D eigenvalue weighted by Gasteiger charge is -2.19. The quantitative estimate of drug-likeness (QED) is 0.221. The molecule has 0 fully saturated rings. The van der Waals surface area contributed by atoms with Gasteiger partial charge in [0.05, 0.1) is 5.36 Å². The van der Waals surface area contributed by atoms with Crippen molar-refractivity contribution in [3.05, 3.63) is 94.8 Å². The van der Waals surface area contributed by atoms with Crippen molar-refractivity contribution in [2.45, 2.75) is 34.6 Å². The van der Waals surface area contributed by atoms with Crippen LogP contribution in [0.1, 0.15) is 30.5 Å². The summed E-state index contributed by atoms with van der Waals surface area (Å²) < 4.78 is 12.8. The van der Waals surface area contributed by atoms with Gasteiger partial charge in [0.1, 0.15) is 11.3 Å². The molecule has 0 bridgehead atoms. The highest BCUT2D eigenvalue weighted by molar-refractivity contribution is 6.05. The van der Waals surface area contributed by atoms with Gasteiger partial charge < -0.3 is 14.2 Å². The first-order chi connectivity index (χ1) is 19.5. The summed E-state index contributed by atoms with van der Waals surface area (Å²) in [6.07, 6.45) is 0. The number of fused-ring (bicyclic) bond motifs is 2. The predicted octanol–water partition coefficient (Wildman–Crippen LogP) is 8.20. The summed E-state index contributed by atoms with van der Waals surface area (Å²) in [5.74, 6) is 1.76. The van der Waals surface area contributed by atoms with Gasteiger partial charge in [-0.3, -0.25) is 4.99 Å². The Hall–Kier alpha value is -4.71. The van der Waals surface area contributed by atoms with E-state index in [4.69, 9.17) is 13.8 Å². The maximum Gasteiger partial charge on any atom is 0.248 e. The van der Waals surface area contributed by atoms with E-state index in [9.17, 15) is 0 Å². The molecule has 2 aliphatic rings. The van der Waals surface area contributed by atoms with Crippen LogP contribution in [0, 0.1) is 20.8 Å². The molecule has 0 atom stereocenters. The van der Waals surface area contributed by atoms with E-state index >= 15 is 0 Å². The molecule has 6 heteroatoms. The third kappa shape index (κ3) is 4.56. The summed E-state index contributed by atoms with van der Waals surface area (Å²) in [5, 5.41) is 14.3. The fraction of sp³-hybridized carbons (Fsp3) is 0.206. The van der Waals surface area contributed by atoms with E-state index in [0.717, 1.165) is 73.3 Å². The topological polar surface area (TPSA) is 76.5 Å². The summed E-state index contributed by atoms with van der Waals surface area (Å²) in [6, 6.07) is 24.8. The molecule has 200 valence electrons. The molecule has 0 unspecified atom stereocenters. The van der Waals surface area contributed by atoms with Gasteiger partial charge in [0.2, 0.25) is 11.8 Å². The molecular weight excluding hydrogens is 496 g/mol. The molecule has 3 aromatic carbocycles. The number of benzene rings is 4. The van der Waals surface area contributed by atoms with Crippen LogP contribution >= 0.6 is 0 Å². The Bertz CT molecular complexity index is 1880. The van der Waals surface area contributed by atoms with E-state index in [1.165, 1.54) is 5.56 Å². The second-order valence-corrected chi connectivity index (χ2v) is 10.1. The molecule has 4 aromatic rings. The lowest BCUT2D eigenvalue weighted by molar-refractivity contribution is 0.584. The van der Waals surface area contributed by atoms with Crippen LogP contribution in [0.4, 0.5) is 5.69 Å². The smallest absolute Gasteiger partial charge is 0.248 e. The van der Waals surface area contributed by atoms with Crippen molar-refractivity contribution in [2.75, 3.05) is 18.4 Å². The van der Waals surface area contributed by atoms with Crippen LogP contribution < -0.4 is 10.7 Å². The lowest BCUT2D eigenvalue weighted by Crippen LogP contribution is -2.09. The van der Waals surface area contributed by atoms with Crippen molar-refractivity contribution in [3.8, 4) is 45.4 Å². The van der Waals surface area contributed by atoms with Gasteiger partial charge in [0.25, 0.3) is 0 Å². The molecular formula is C34H32N4O2. The van der Waals surface area contributed by atoms with Crippen molar-refractivity contribution in [1.82, 2.24) is 10.2 Å². The normalized spacial score (nSPS) is 12.0. The molecule has 2 heterocycles. The molecule has 0 saturated heterocycles. The first-order valence-electron chi connectivity index (χ1n) is 13.7. The van der Waals surface area contributed by atoms with Gasteiger partial charge >= 0.3 is 0 Å². The fourth-order valence-electron chi connectivity index (χ4n) is 5.23. The van der Waals surface area contributed by atoms with E-state index in [1.54, 1.807) is 0 Å². The molecule has 0 saturated carbocycles. The highest BCUT2D eigenvalue weighted by Gasteiger charge is 2.23. The Morgan fingerprint density at radius 1 is 0.750 bits per heavy atom. The third-order valence-corrected chi connectivity index (χ3v) is 7.23. The average Bonchev–Trinajstić information content (AvgIpc) is 3.44. The molecule has 0 spiro atoms. The summed E-state index contributed by atoms with van der Waals surface area (Å²) in [4.78, 5) is 4.70. The van der Waals surface area contributed by atoms with E-state index in [0.29, 0.717) is 18.3 Å². The number of hydrogen-bond donors (Lipinski definition) is 1. The monoisotopic (exact) mass is 528 g/mol. The van der Waals surface area contributed by atoms with Crippen LogP contribution in [0.2, 0.25) is 0 Å². The van der Waals surface area contributed by atoms with Gasteiger partial charge in [0.15, 0.2) is 0 Å². The second kappa shape index (κ2) is 10.5. The van der Waals surface area contributed by atoms with Gasteiger partial charge in [-0.1, -0.05) is 35.9 Å². The molecule has 0 radical (unpaired) electrons. The van der Waals surface area contributed by atoms with Crippen LogP contribution in [0.5, 0.6) is 0 Å². The molecule has 6 nitrogen and oxygen atoms in total. The Kier molecular flexibility index (Phi) is 6.68. The highest BCUT2D eigenvalue weighted by Crippen LogP contribution is 2.45. The zero-order valence-corrected chi connectivity index (χ0v) is 23.5. The standard InChI is InChI=1S/C34H32N4O2/c1-6-35-28-18-30-26(16-21(28)4)32(27-17-22(5)29(36-7-2)19-31(27)39-30)24-10-8-9-11-25(24)34-38-37-33(40-34)23-14-12-20(3)13-15-23/h8-19,35H,6-7H2,1-5H3. The van der Waals surface area contributed by atoms with E-state index in [1.807, 2.05) is 49.4 Å². The Balaban J connectivity index is 1.63. The largest absolute Gasteiger partial charge is 0.456 e. The van der Waals surface area contributed by atoms with Crippen LogP contribution in [0.3, 0.4) is 0 Å². The minimum atomic E-state index is 0.476. The zero-order valence-electron chi connectivity index (χ0n) is 23.5. The maximum atomic E-state index is 6.56. The van der Waals surface area contributed by atoms with E-state index in [-0.39, 0.29) is 0 Å². The fourth-order valence-corrected chi connectivity index (χ4v) is 5.23. The van der Waals surface area contributed by atoms with Gasteiger partial charge in [-0.15, -0.1) is 10.2 Å². The lowest BCUT2D eigenvalue weighted by atomic mass is 9.89. The third-order valence-electron chi connectivity index (χ3n) is 7.23. The van der Waals surface area contributed by atoms with Gasteiger partial charge in [-0.05, 0) is 81.6 Å². The van der Waals surface area contributed by atoms with Gasteiger partial charge in [-0.2, -0.15) is 0 Å². The van der Waals surface area contributed by atoms with Crippen LogP contribution in [0.25, 0.3) is 56.3 Å². The molecule has 1 N–H and O–H groups in total. The Morgan fingerprint density at radius 3 is 2.25 bits per heavy atom. The summed E-state index contributed by atoms with van der Waals surface area (Å²) in [6.45, 7) is 12.0. The van der Waals surface area contributed by atoms with E-state index in [2.05, 4.69) is 73.5 Å². The number of nitrogens with one attached hydrogen (secondary N) is 1. The van der Waals surface area contributed by atoms with E-state index < -0.39 is 0 Å². The summed E-state index contributed by atoms with van der Waals surface area (Å²) in [5.41, 5.74) is 10.1. The van der Waals surface area contributed by atoms with Crippen molar-refractivity contribution < 1.29 is 8.83 Å². The first-order valence-corrected chi connectivity index (χ1v) is 13.7. The molecule has 40 heavy (non-hydrogen) atoms. The predicted molar refractivity (Wildman–Crippen MR) is 161 cm³/mol. The zero-order chi connectivity index (χ0) is 27.8. The summed E-state index contributed by atoms with van der Waals surface area (Å²) >= 11 is 0. The molecule has 1 aliphatic carbocycles. The van der Waals surface area contributed by atoms with Crippen molar-refractivity contribution >= 4 is 16.7 Å². The number of hydrogen-bond acceptors (Lipinski definition) is 6. The number of rotatable bonds is 6. The van der Waals surface area contributed by atoms with Crippen LogP contribution in [-0.2, 0) is 0 Å². The summed E-state index contributed by atoms with van der Waals surface area (Å²) in [7, 11) is 0. The minimum Gasteiger partial charge on any atom is -0.456 e. The second-order valence-electron chi connectivity index (χ2n) is 10.1. The van der Waals surface area contributed by atoms with Crippen molar-refractivity contribution in [3.63, 3.8) is 0 Å². The first kappa shape index (κ1) is 25.6. The number of anilines is 1. The Labute approximate surface area is 233 Å². The Morgan fingerprint density at radius 2 is 1.50 bits per heavy atom. The molecule has 0 amide bonds.